The molecule has 1 N–H and O–H groups in total. The highest BCUT2D eigenvalue weighted by molar-refractivity contribution is 5.28. The Hall–Kier alpha value is -1.32. The Kier molecular flexibility index (Phi) is 3.59. The van der Waals surface area contributed by atoms with Crippen LogP contribution in [0.15, 0.2) is 12.4 Å². The lowest BCUT2D eigenvalue weighted by Gasteiger charge is -2.20. The SMILES string of the molecule is COc1cnc(NC(C)C2CCCC2)nc1. The van der Waals surface area contributed by atoms with E-state index in [2.05, 4.69) is 22.2 Å². The molecule has 1 unspecified atom stereocenters. The Labute approximate surface area is 96.4 Å². The molecule has 0 spiro atoms. The van der Waals surface area contributed by atoms with Crippen LogP contribution in [0.3, 0.4) is 0 Å². The van der Waals surface area contributed by atoms with Gasteiger partial charge in [-0.2, -0.15) is 0 Å². The molecule has 0 aliphatic heterocycles. The summed E-state index contributed by atoms with van der Waals surface area (Å²) in [6, 6.07) is 0.455. The molecule has 1 saturated carbocycles. The Bertz CT molecular complexity index is 320. The second kappa shape index (κ2) is 5.14. The van der Waals surface area contributed by atoms with Crippen LogP contribution >= 0.6 is 0 Å². The maximum atomic E-state index is 5.02. The Morgan fingerprint density at radius 1 is 1.31 bits per heavy atom. The van der Waals surface area contributed by atoms with Gasteiger partial charge in [0.2, 0.25) is 5.95 Å². The van der Waals surface area contributed by atoms with Crippen molar-refractivity contribution in [3.8, 4) is 5.75 Å². The van der Waals surface area contributed by atoms with Crippen LogP contribution in [-0.4, -0.2) is 23.1 Å². The van der Waals surface area contributed by atoms with Crippen LogP contribution in [0.2, 0.25) is 0 Å². The fraction of sp³-hybridized carbons (Fsp3) is 0.667. The van der Waals surface area contributed by atoms with Crippen LogP contribution in [-0.2, 0) is 0 Å². The highest BCUT2D eigenvalue weighted by Gasteiger charge is 2.21. The van der Waals surface area contributed by atoms with Crippen molar-refractivity contribution in [2.75, 3.05) is 12.4 Å². The molecule has 0 aromatic carbocycles. The van der Waals surface area contributed by atoms with E-state index in [1.165, 1.54) is 25.7 Å². The van der Waals surface area contributed by atoms with E-state index in [0.29, 0.717) is 17.7 Å². The van der Waals surface area contributed by atoms with Gasteiger partial charge >= 0.3 is 0 Å². The molecule has 0 saturated heterocycles. The molecule has 1 aromatic heterocycles. The van der Waals surface area contributed by atoms with Gasteiger partial charge in [0.05, 0.1) is 19.5 Å². The summed E-state index contributed by atoms with van der Waals surface area (Å²) in [5, 5.41) is 3.36. The summed E-state index contributed by atoms with van der Waals surface area (Å²) in [6.07, 6.45) is 8.75. The van der Waals surface area contributed by atoms with Crippen molar-refractivity contribution >= 4 is 5.95 Å². The van der Waals surface area contributed by atoms with Gasteiger partial charge in [-0.05, 0) is 25.7 Å². The molecule has 1 heterocycles. The van der Waals surface area contributed by atoms with E-state index >= 15 is 0 Å². The van der Waals surface area contributed by atoms with Crippen LogP contribution in [0.25, 0.3) is 0 Å². The van der Waals surface area contributed by atoms with E-state index in [1.807, 2.05) is 0 Å². The third-order valence-electron chi connectivity index (χ3n) is 3.33. The number of aromatic nitrogens is 2. The lowest BCUT2D eigenvalue weighted by atomic mass is 10.0. The summed E-state index contributed by atoms with van der Waals surface area (Å²) in [5.74, 6) is 2.16. The van der Waals surface area contributed by atoms with Crippen molar-refractivity contribution in [2.24, 2.45) is 5.92 Å². The minimum absolute atomic E-state index is 0.455. The van der Waals surface area contributed by atoms with Crippen molar-refractivity contribution in [2.45, 2.75) is 38.6 Å². The van der Waals surface area contributed by atoms with Crippen LogP contribution in [0.1, 0.15) is 32.6 Å². The topological polar surface area (TPSA) is 47.0 Å². The monoisotopic (exact) mass is 221 g/mol. The molecule has 0 bridgehead atoms. The van der Waals surface area contributed by atoms with Gasteiger partial charge in [-0.3, -0.25) is 0 Å². The zero-order chi connectivity index (χ0) is 11.4. The molecular weight excluding hydrogens is 202 g/mol. The predicted molar refractivity (Wildman–Crippen MR) is 63.6 cm³/mol. The van der Waals surface area contributed by atoms with Crippen LogP contribution in [0, 0.1) is 5.92 Å². The fourth-order valence-corrected chi connectivity index (χ4v) is 2.28. The van der Waals surface area contributed by atoms with Gasteiger partial charge in [0.25, 0.3) is 0 Å². The van der Waals surface area contributed by atoms with E-state index in [-0.39, 0.29) is 0 Å². The first-order chi connectivity index (χ1) is 7.79. The molecular formula is C12H19N3O. The van der Waals surface area contributed by atoms with Crippen LogP contribution in [0.4, 0.5) is 5.95 Å². The van der Waals surface area contributed by atoms with Gasteiger partial charge in [0, 0.05) is 6.04 Å². The van der Waals surface area contributed by atoms with Crippen LogP contribution in [0.5, 0.6) is 5.75 Å². The first kappa shape index (κ1) is 11.2. The molecule has 88 valence electrons. The Balaban J connectivity index is 1.92. The first-order valence-corrected chi connectivity index (χ1v) is 5.92. The molecule has 1 atom stereocenters. The van der Waals surface area contributed by atoms with Gasteiger partial charge in [-0.1, -0.05) is 12.8 Å². The summed E-state index contributed by atoms with van der Waals surface area (Å²) in [4.78, 5) is 8.43. The van der Waals surface area contributed by atoms with Crippen molar-refractivity contribution in [1.29, 1.82) is 0 Å². The molecule has 0 amide bonds. The van der Waals surface area contributed by atoms with E-state index in [9.17, 15) is 0 Å². The zero-order valence-electron chi connectivity index (χ0n) is 9.94. The Morgan fingerprint density at radius 3 is 2.50 bits per heavy atom. The van der Waals surface area contributed by atoms with E-state index in [1.54, 1.807) is 19.5 Å². The number of hydrogen-bond donors (Lipinski definition) is 1. The van der Waals surface area contributed by atoms with Crippen molar-refractivity contribution in [1.82, 2.24) is 9.97 Å². The summed E-state index contributed by atoms with van der Waals surface area (Å²) < 4.78 is 5.02. The number of nitrogens with zero attached hydrogens (tertiary/aromatic N) is 2. The van der Waals surface area contributed by atoms with Gasteiger partial charge in [-0.25, -0.2) is 9.97 Å². The minimum Gasteiger partial charge on any atom is -0.494 e. The summed E-state index contributed by atoms with van der Waals surface area (Å²) >= 11 is 0. The van der Waals surface area contributed by atoms with Gasteiger partial charge in [0.15, 0.2) is 5.75 Å². The summed E-state index contributed by atoms with van der Waals surface area (Å²) in [5.41, 5.74) is 0. The second-order valence-electron chi connectivity index (χ2n) is 4.42. The fourth-order valence-electron chi connectivity index (χ4n) is 2.28. The van der Waals surface area contributed by atoms with Gasteiger partial charge < -0.3 is 10.1 Å². The van der Waals surface area contributed by atoms with Gasteiger partial charge in [0.1, 0.15) is 0 Å². The maximum absolute atomic E-state index is 5.02. The van der Waals surface area contributed by atoms with Crippen molar-refractivity contribution in [3.05, 3.63) is 12.4 Å². The average molecular weight is 221 g/mol. The third kappa shape index (κ3) is 2.62. The number of anilines is 1. The number of hydrogen-bond acceptors (Lipinski definition) is 4. The summed E-state index contributed by atoms with van der Waals surface area (Å²) in [6.45, 7) is 2.21. The number of nitrogens with one attached hydrogen (secondary N) is 1. The lowest BCUT2D eigenvalue weighted by Crippen LogP contribution is -2.24. The third-order valence-corrected chi connectivity index (χ3v) is 3.33. The number of ether oxygens (including phenoxy) is 1. The molecule has 2 rings (SSSR count). The van der Waals surface area contributed by atoms with Gasteiger partial charge in [-0.15, -0.1) is 0 Å². The molecule has 1 aromatic rings. The normalized spacial score (nSPS) is 18.4. The van der Waals surface area contributed by atoms with Crippen LogP contribution < -0.4 is 10.1 Å². The van der Waals surface area contributed by atoms with E-state index in [0.717, 1.165) is 5.92 Å². The lowest BCUT2D eigenvalue weighted by molar-refractivity contribution is 0.410. The minimum atomic E-state index is 0.455. The highest BCUT2D eigenvalue weighted by atomic mass is 16.5. The van der Waals surface area contributed by atoms with E-state index in [4.69, 9.17) is 4.74 Å². The molecule has 16 heavy (non-hydrogen) atoms. The standard InChI is InChI=1S/C12H19N3O/c1-9(10-5-3-4-6-10)15-12-13-7-11(16-2)8-14-12/h7-10H,3-6H2,1-2H3,(H,13,14,15). The Morgan fingerprint density at radius 2 is 1.94 bits per heavy atom. The smallest absolute Gasteiger partial charge is 0.223 e. The molecule has 4 nitrogen and oxygen atoms in total. The largest absolute Gasteiger partial charge is 0.494 e. The average Bonchev–Trinajstić information content (AvgIpc) is 2.83. The molecule has 1 aliphatic rings. The predicted octanol–water partition coefficient (Wildman–Crippen LogP) is 2.48. The second-order valence-corrected chi connectivity index (χ2v) is 4.42. The molecule has 4 heteroatoms. The highest BCUT2D eigenvalue weighted by Crippen LogP contribution is 2.28. The first-order valence-electron chi connectivity index (χ1n) is 5.92. The maximum Gasteiger partial charge on any atom is 0.223 e. The number of methoxy groups -OCH3 is 1. The quantitative estimate of drug-likeness (QED) is 0.848. The number of rotatable bonds is 4. The van der Waals surface area contributed by atoms with Crippen molar-refractivity contribution in [3.63, 3.8) is 0 Å². The van der Waals surface area contributed by atoms with E-state index < -0.39 is 0 Å². The molecule has 1 fully saturated rings. The van der Waals surface area contributed by atoms with Crippen molar-refractivity contribution < 1.29 is 4.74 Å². The summed E-state index contributed by atoms with van der Waals surface area (Å²) in [7, 11) is 1.62. The molecule has 1 aliphatic carbocycles. The zero-order valence-corrected chi connectivity index (χ0v) is 9.94. The molecule has 0 radical (unpaired) electrons.